The average molecular weight is 852 g/mol. The van der Waals surface area contributed by atoms with Crippen molar-refractivity contribution in [1.82, 2.24) is 44.4 Å². The summed E-state index contributed by atoms with van der Waals surface area (Å²) in [5.74, 6) is 6.47. The Hall–Kier alpha value is -5.77. The second-order valence-electron chi connectivity index (χ2n) is 16.9. The molecule has 3 aliphatic heterocycles. The number of rotatable bonds is 10. The summed E-state index contributed by atoms with van der Waals surface area (Å²) in [5.41, 5.74) is 2.49. The van der Waals surface area contributed by atoms with Gasteiger partial charge in [-0.1, -0.05) is 17.9 Å². The number of aromatic nitrogens is 7. The van der Waals surface area contributed by atoms with E-state index in [0.717, 1.165) is 80.3 Å². The van der Waals surface area contributed by atoms with Crippen molar-refractivity contribution >= 4 is 45.8 Å². The number of benzene rings is 1. The number of nitrogens with zero attached hydrogens (tertiary/aromatic N) is 9. The number of piperidine rings is 2. The number of carbonyl (C=O) groups excluding carboxylic acids is 3. The summed E-state index contributed by atoms with van der Waals surface area (Å²) in [6.07, 6.45) is 8.07. The third kappa shape index (κ3) is 8.79. The molecule has 0 radical (unpaired) electrons. The van der Waals surface area contributed by atoms with Gasteiger partial charge in [0.05, 0.1) is 48.0 Å². The molecule has 7 heterocycles. The SMILES string of the molecule is Cc1nn(C2CCC(=O)NC2=O)c2cccc(C#CCOC3CCN(CC4CCC(n5cc(NC(=O)c6cnn7ccc(N8CCO[C@@H](C)C8)nc67)c(C(F)F)n5)CC4)CC3)c12. The van der Waals surface area contributed by atoms with Crippen LogP contribution in [-0.2, 0) is 19.1 Å². The molecule has 5 aromatic rings. The van der Waals surface area contributed by atoms with E-state index in [1.54, 1.807) is 21.8 Å². The molecule has 4 aliphatic rings. The van der Waals surface area contributed by atoms with Crippen molar-refractivity contribution in [2.24, 2.45) is 5.92 Å². The van der Waals surface area contributed by atoms with E-state index in [1.807, 2.05) is 38.1 Å². The van der Waals surface area contributed by atoms with Gasteiger partial charge in [-0.15, -0.1) is 0 Å². The number of aryl methyl sites for hydroxylation is 1. The zero-order valence-corrected chi connectivity index (χ0v) is 34.9. The lowest BCUT2D eigenvalue weighted by molar-refractivity contribution is -0.135. The number of anilines is 2. The topological polar surface area (TPSA) is 166 Å². The summed E-state index contributed by atoms with van der Waals surface area (Å²) in [6.45, 7) is 8.97. The molecule has 326 valence electrons. The number of morpholine rings is 1. The lowest BCUT2D eigenvalue weighted by atomic mass is 9.85. The van der Waals surface area contributed by atoms with Gasteiger partial charge < -0.3 is 24.6 Å². The number of alkyl halides is 2. The van der Waals surface area contributed by atoms with Gasteiger partial charge >= 0.3 is 0 Å². The molecule has 1 aromatic carbocycles. The number of imide groups is 1. The Morgan fingerprint density at radius 2 is 1.89 bits per heavy atom. The van der Waals surface area contributed by atoms with E-state index in [0.29, 0.717) is 50.1 Å². The normalized spacial score (nSPS) is 22.9. The van der Waals surface area contributed by atoms with Crippen molar-refractivity contribution in [3.05, 3.63) is 65.4 Å². The van der Waals surface area contributed by atoms with E-state index < -0.39 is 24.1 Å². The molecule has 1 unspecified atom stereocenters. The van der Waals surface area contributed by atoms with E-state index in [1.165, 1.54) is 10.7 Å². The van der Waals surface area contributed by atoms with Crippen LogP contribution in [0.5, 0.6) is 0 Å². The van der Waals surface area contributed by atoms with Crippen molar-refractivity contribution in [3.63, 3.8) is 0 Å². The van der Waals surface area contributed by atoms with Gasteiger partial charge in [0.15, 0.2) is 11.3 Å². The molecule has 4 fully saturated rings. The largest absolute Gasteiger partial charge is 0.375 e. The first-order valence-corrected chi connectivity index (χ1v) is 21.6. The first kappa shape index (κ1) is 41.6. The van der Waals surface area contributed by atoms with Crippen LogP contribution in [0.3, 0.4) is 0 Å². The first-order valence-electron chi connectivity index (χ1n) is 21.6. The third-order valence-corrected chi connectivity index (χ3v) is 12.6. The van der Waals surface area contributed by atoms with Crippen LogP contribution in [0.15, 0.2) is 42.9 Å². The van der Waals surface area contributed by atoms with Gasteiger partial charge in [-0.25, -0.2) is 18.3 Å². The van der Waals surface area contributed by atoms with E-state index >= 15 is 0 Å². The Bertz CT molecular complexity index is 2530. The van der Waals surface area contributed by atoms with Crippen molar-refractivity contribution in [2.75, 3.05) is 56.2 Å². The monoisotopic (exact) mass is 851 g/mol. The highest BCUT2D eigenvalue weighted by atomic mass is 19.3. The highest BCUT2D eigenvalue weighted by Crippen LogP contribution is 2.36. The molecule has 9 rings (SSSR count). The molecular formula is C44H51F2N11O5. The van der Waals surface area contributed by atoms with Crippen LogP contribution in [-0.4, -0.2) is 115 Å². The molecule has 1 aliphatic carbocycles. The number of fused-ring (bicyclic) bond motifs is 2. The fourth-order valence-electron chi connectivity index (χ4n) is 9.40. The maximum absolute atomic E-state index is 14.3. The van der Waals surface area contributed by atoms with Crippen LogP contribution in [0, 0.1) is 24.7 Å². The molecule has 3 saturated heterocycles. The highest BCUT2D eigenvalue weighted by molar-refractivity contribution is 6.08. The lowest BCUT2D eigenvalue weighted by Crippen LogP contribution is -2.42. The summed E-state index contributed by atoms with van der Waals surface area (Å²) >= 11 is 0. The Morgan fingerprint density at radius 3 is 2.66 bits per heavy atom. The summed E-state index contributed by atoms with van der Waals surface area (Å²) in [4.78, 5) is 47.0. The van der Waals surface area contributed by atoms with Crippen molar-refractivity contribution in [2.45, 2.75) is 95.9 Å². The predicted octanol–water partition coefficient (Wildman–Crippen LogP) is 5.24. The van der Waals surface area contributed by atoms with Crippen molar-refractivity contribution in [1.29, 1.82) is 0 Å². The highest BCUT2D eigenvalue weighted by Gasteiger charge is 2.32. The second-order valence-corrected chi connectivity index (χ2v) is 16.9. The van der Waals surface area contributed by atoms with Gasteiger partial charge in [-0.3, -0.25) is 29.1 Å². The summed E-state index contributed by atoms with van der Waals surface area (Å²) < 4.78 is 45.2. The zero-order valence-electron chi connectivity index (χ0n) is 34.9. The Kier molecular flexibility index (Phi) is 12.0. The van der Waals surface area contributed by atoms with Crippen molar-refractivity contribution < 1.29 is 32.6 Å². The van der Waals surface area contributed by atoms with E-state index in [9.17, 15) is 23.2 Å². The minimum absolute atomic E-state index is 0.00722. The molecule has 2 N–H and O–H groups in total. The van der Waals surface area contributed by atoms with E-state index in [-0.39, 0.29) is 47.7 Å². The molecular weight excluding hydrogens is 801 g/mol. The van der Waals surface area contributed by atoms with Crippen LogP contribution in [0.2, 0.25) is 0 Å². The number of amides is 3. The van der Waals surface area contributed by atoms with Crippen LogP contribution in [0.25, 0.3) is 16.6 Å². The van der Waals surface area contributed by atoms with Gasteiger partial charge in [0, 0.05) is 62.5 Å². The van der Waals surface area contributed by atoms with Crippen LogP contribution >= 0.6 is 0 Å². The second kappa shape index (κ2) is 17.9. The molecule has 62 heavy (non-hydrogen) atoms. The minimum Gasteiger partial charge on any atom is -0.375 e. The van der Waals surface area contributed by atoms with E-state index in [2.05, 4.69) is 47.6 Å². The quantitative estimate of drug-likeness (QED) is 0.139. The summed E-state index contributed by atoms with van der Waals surface area (Å²) in [6, 6.07) is 7.04. The Labute approximate surface area is 357 Å². The lowest BCUT2D eigenvalue weighted by Gasteiger charge is -2.36. The Morgan fingerprint density at radius 1 is 1.06 bits per heavy atom. The fraction of sp³-hybridized carbons (Fsp3) is 0.523. The third-order valence-electron chi connectivity index (χ3n) is 12.6. The number of hydrogen-bond donors (Lipinski definition) is 2. The maximum Gasteiger partial charge on any atom is 0.284 e. The molecule has 16 nitrogen and oxygen atoms in total. The molecule has 4 aromatic heterocycles. The van der Waals surface area contributed by atoms with Gasteiger partial charge in [0.25, 0.3) is 18.2 Å². The van der Waals surface area contributed by atoms with Gasteiger partial charge in [0.2, 0.25) is 5.91 Å². The molecule has 1 saturated carbocycles. The smallest absolute Gasteiger partial charge is 0.284 e. The van der Waals surface area contributed by atoms with Gasteiger partial charge in [-0.2, -0.15) is 15.3 Å². The average Bonchev–Trinajstić information content (AvgIpc) is 3.99. The van der Waals surface area contributed by atoms with Gasteiger partial charge in [-0.05, 0) is 82.9 Å². The number of nitrogens with one attached hydrogen (secondary N) is 2. The number of hydrogen-bond acceptors (Lipinski definition) is 11. The number of halogens is 2. The van der Waals surface area contributed by atoms with Crippen LogP contribution in [0.1, 0.15) is 104 Å². The number of carbonyl (C=O) groups is 3. The Balaban J connectivity index is 0.744. The van der Waals surface area contributed by atoms with Crippen LogP contribution < -0.4 is 15.5 Å². The first-order chi connectivity index (χ1) is 30.1. The fourth-order valence-corrected chi connectivity index (χ4v) is 9.40. The van der Waals surface area contributed by atoms with Crippen LogP contribution in [0.4, 0.5) is 20.3 Å². The predicted molar refractivity (Wildman–Crippen MR) is 225 cm³/mol. The molecule has 0 spiro atoms. The summed E-state index contributed by atoms with van der Waals surface area (Å²) in [7, 11) is 0. The van der Waals surface area contributed by atoms with E-state index in [4.69, 9.17) is 14.5 Å². The maximum atomic E-state index is 14.3. The van der Waals surface area contributed by atoms with Crippen molar-refractivity contribution in [3.8, 4) is 11.8 Å². The standard InChI is InChI=1S/C44H51F2N11O5/c1-27-24-54(20-22-61-27)37-16-19-55-42(49-37)33(23-47-55)43(59)48-34-26-56(52-40(34)41(45)46)31-10-8-29(9-11-31)25-53-17-14-32(15-18-53)62-21-4-6-30-5-3-7-35-39(30)28(2)51-57(35)36-12-13-38(58)50-44(36)60/h3,5,7,16,19,23,26-27,29,31-32,36,41H,8-15,17-18,20-22,24-25H2,1-2H3,(H,48,59)(H,50,58,60)/t27-,29?,31?,36?/m0/s1. The molecule has 2 atom stereocenters. The summed E-state index contributed by atoms with van der Waals surface area (Å²) in [5, 5.41) is 19.2. The number of ether oxygens (including phenoxy) is 2. The molecule has 18 heteroatoms. The molecule has 3 amide bonds. The minimum atomic E-state index is -2.86. The number of likely N-dealkylation sites (tertiary alicyclic amines) is 1. The van der Waals surface area contributed by atoms with Gasteiger partial charge in [0.1, 0.15) is 24.0 Å². The zero-order chi connectivity index (χ0) is 42.9. The molecule has 0 bridgehead atoms.